The van der Waals surface area contributed by atoms with Gasteiger partial charge in [-0.25, -0.2) is 0 Å². The van der Waals surface area contributed by atoms with Gasteiger partial charge >= 0.3 is 0 Å². The Labute approximate surface area is 215 Å². The van der Waals surface area contributed by atoms with Crippen LogP contribution in [0.25, 0.3) is 56.0 Å². The molecule has 0 radical (unpaired) electrons. The summed E-state index contributed by atoms with van der Waals surface area (Å²) in [6.07, 6.45) is 0. The molecule has 5 aromatic carbocycles. The number of fused-ring (bicyclic) bond motifs is 3. The van der Waals surface area contributed by atoms with Gasteiger partial charge in [0.25, 0.3) is 0 Å². The highest BCUT2D eigenvalue weighted by Crippen LogP contribution is 2.33. The first-order chi connectivity index (χ1) is 18.3. The van der Waals surface area contributed by atoms with Crippen molar-refractivity contribution in [1.82, 2.24) is 19.3 Å². The third kappa shape index (κ3) is 3.54. The number of aryl methyl sites for hydroxylation is 1. The lowest BCUT2D eigenvalue weighted by atomic mass is 10.1. The Morgan fingerprint density at radius 1 is 0.432 bits per heavy atom. The number of nitrogens with zero attached hydrogens (tertiary/aromatic N) is 4. The Hall–Kier alpha value is -4.96. The molecule has 4 nitrogen and oxygen atoms in total. The van der Waals surface area contributed by atoms with E-state index in [1.165, 1.54) is 27.4 Å². The van der Waals surface area contributed by atoms with Crippen molar-refractivity contribution in [2.24, 2.45) is 0 Å². The molecule has 0 fully saturated rings. The summed E-state index contributed by atoms with van der Waals surface area (Å²) >= 11 is 0. The zero-order valence-electron chi connectivity index (χ0n) is 20.4. The fourth-order valence-electron chi connectivity index (χ4n) is 5.14. The van der Waals surface area contributed by atoms with Crippen molar-refractivity contribution in [3.05, 3.63) is 133 Å². The summed E-state index contributed by atoms with van der Waals surface area (Å²) in [7, 11) is 0. The van der Waals surface area contributed by atoms with Crippen LogP contribution in [0.2, 0.25) is 0 Å². The number of aromatic nitrogens is 4. The Balaban J connectivity index is 1.38. The molecule has 0 aliphatic heterocycles. The van der Waals surface area contributed by atoms with Crippen molar-refractivity contribution in [3.63, 3.8) is 0 Å². The molecular formula is C33H24N4. The van der Waals surface area contributed by atoms with Crippen molar-refractivity contribution in [1.29, 1.82) is 0 Å². The second-order valence-corrected chi connectivity index (χ2v) is 9.30. The Morgan fingerprint density at radius 2 is 0.892 bits per heavy atom. The third-order valence-corrected chi connectivity index (χ3v) is 6.95. The number of hydrogen-bond acceptors (Lipinski definition) is 2. The van der Waals surface area contributed by atoms with Crippen LogP contribution in [0.4, 0.5) is 0 Å². The van der Waals surface area contributed by atoms with Crippen LogP contribution in [0.15, 0.2) is 127 Å². The molecule has 0 aliphatic carbocycles. The minimum Gasteiger partial charge on any atom is -0.309 e. The topological polar surface area (TPSA) is 35.6 Å². The summed E-state index contributed by atoms with van der Waals surface area (Å²) in [6.45, 7) is 2.09. The maximum atomic E-state index is 4.66. The fourth-order valence-corrected chi connectivity index (χ4v) is 5.14. The van der Waals surface area contributed by atoms with Gasteiger partial charge in [-0.3, -0.25) is 4.57 Å². The van der Waals surface area contributed by atoms with E-state index in [4.69, 9.17) is 0 Å². The molecule has 37 heavy (non-hydrogen) atoms. The van der Waals surface area contributed by atoms with Gasteiger partial charge in [0.15, 0.2) is 11.6 Å². The second kappa shape index (κ2) is 8.61. The summed E-state index contributed by atoms with van der Waals surface area (Å²) in [5.41, 5.74) is 7.82. The molecular weight excluding hydrogens is 452 g/mol. The molecule has 176 valence electrons. The minimum absolute atomic E-state index is 0.815. The van der Waals surface area contributed by atoms with Crippen LogP contribution in [0.3, 0.4) is 0 Å². The maximum Gasteiger partial charge on any atom is 0.168 e. The van der Waals surface area contributed by atoms with Crippen LogP contribution in [0.1, 0.15) is 5.56 Å². The zero-order valence-corrected chi connectivity index (χ0v) is 20.4. The van der Waals surface area contributed by atoms with Crippen molar-refractivity contribution in [3.8, 4) is 34.2 Å². The molecule has 7 rings (SSSR count). The molecule has 2 heterocycles. The van der Waals surface area contributed by atoms with E-state index >= 15 is 0 Å². The van der Waals surface area contributed by atoms with E-state index < -0.39 is 0 Å². The Bertz CT molecular complexity index is 1810. The van der Waals surface area contributed by atoms with Gasteiger partial charge in [-0.15, -0.1) is 10.2 Å². The van der Waals surface area contributed by atoms with Crippen LogP contribution in [-0.2, 0) is 0 Å². The van der Waals surface area contributed by atoms with Gasteiger partial charge in [0, 0.05) is 33.3 Å². The molecule has 0 amide bonds. The number of benzene rings is 5. The zero-order chi connectivity index (χ0) is 24.8. The average Bonchev–Trinajstić information content (AvgIpc) is 3.54. The van der Waals surface area contributed by atoms with Crippen LogP contribution in [0.5, 0.6) is 0 Å². The average molecular weight is 477 g/mol. The number of para-hydroxylation sites is 3. The Morgan fingerprint density at radius 3 is 1.46 bits per heavy atom. The van der Waals surface area contributed by atoms with Gasteiger partial charge in [-0.05, 0) is 55.5 Å². The predicted molar refractivity (Wildman–Crippen MR) is 151 cm³/mol. The molecule has 2 aromatic heterocycles. The lowest BCUT2D eigenvalue weighted by Gasteiger charge is -2.12. The van der Waals surface area contributed by atoms with Crippen LogP contribution in [-0.4, -0.2) is 19.3 Å². The van der Waals surface area contributed by atoms with Gasteiger partial charge in [0.2, 0.25) is 0 Å². The molecule has 0 spiro atoms. The van der Waals surface area contributed by atoms with Crippen molar-refractivity contribution >= 4 is 21.8 Å². The van der Waals surface area contributed by atoms with E-state index in [0.717, 1.165) is 34.2 Å². The molecule has 0 aliphatic rings. The largest absolute Gasteiger partial charge is 0.309 e. The summed E-state index contributed by atoms with van der Waals surface area (Å²) in [5, 5.41) is 11.8. The van der Waals surface area contributed by atoms with E-state index in [0.29, 0.717) is 0 Å². The summed E-state index contributed by atoms with van der Waals surface area (Å²) in [4.78, 5) is 0. The SMILES string of the molecule is Cc1ccc(-c2nnc(-c3ccc(-n4c5ccccc5c5ccccc54)cc3)n2-c2ccccc2)cc1. The fraction of sp³-hybridized carbons (Fsp3) is 0.0303. The summed E-state index contributed by atoms with van der Waals surface area (Å²) in [5.74, 6) is 1.64. The maximum absolute atomic E-state index is 4.66. The second-order valence-electron chi connectivity index (χ2n) is 9.30. The molecule has 4 heteroatoms. The Kier molecular flexibility index (Phi) is 4.96. The molecule has 0 saturated carbocycles. The van der Waals surface area contributed by atoms with Crippen molar-refractivity contribution in [2.75, 3.05) is 0 Å². The molecule has 7 aromatic rings. The van der Waals surface area contributed by atoms with Gasteiger partial charge < -0.3 is 4.57 Å². The monoisotopic (exact) mass is 476 g/mol. The van der Waals surface area contributed by atoms with Gasteiger partial charge in [0.1, 0.15) is 0 Å². The van der Waals surface area contributed by atoms with Crippen LogP contribution in [0, 0.1) is 6.92 Å². The van der Waals surface area contributed by atoms with E-state index in [-0.39, 0.29) is 0 Å². The highest BCUT2D eigenvalue weighted by Gasteiger charge is 2.18. The normalized spacial score (nSPS) is 11.4. The third-order valence-electron chi connectivity index (χ3n) is 6.95. The number of hydrogen-bond donors (Lipinski definition) is 0. The van der Waals surface area contributed by atoms with E-state index in [9.17, 15) is 0 Å². The van der Waals surface area contributed by atoms with Crippen LogP contribution >= 0.6 is 0 Å². The van der Waals surface area contributed by atoms with Gasteiger partial charge in [-0.2, -0.15) is 0 Å². The first-order valence-corrected chi connectivity index (χ1v) is 12.4. The van der Waals surface area contributed by atoms with E-state index in [1.807, 2.05) is 18.2 Å². The lowest BCUT2D eigenvalue weighted by molar-refractivity contribution is 1.07. The standard InChI is InChI=1S/C33H24N4/c1-23-15-17-24(18-16-23)32-34-35-33(37(32)26-9-3-2-4-10-26)25-19-21-27(22-20-25)36-30-13-7-5-11-28(30)29-12-6-8-14-31(29)36/h2-22H,1H3. The first kappa shape index (κ1) is 21.3. The first-order valence-electron chi connectivity index (χ1n) is 12.4. The van der Waals surface area contributed by atoms with Gasteiger partial charge in [-0.1, -0.05) is 84.4 Å². The smallest absolute Gasteiger partial charge is 0.168 e. The molecule has 0 N–H and O–H groups in total. The highest BCUT2D eigenvalue weighted by molar-refractivity contribution is 6.09. The quantitative estimate of drug-likeness (QED) is 0.258. The summed E-state index contributed by atoms with van der Waals surface area (Å²) < 4.78 is 4.47. The highest BCUT2D eigenvalue weighted by atomic mass is 15.3. The predicted octanol–water partition coefficient (Wildman–Crippen LogP) is 8.01. The molecule has 0 atom stereocenters. The minimum atomic E-state index is 0.815. The van der Waals surface area contributed by atoms with Crippen LogP contribution < -0.4 is 0 Å². The number of rotatable bonds is 4. The molecule has 0 saturated heterocycles. The van der Waals surface area contributed by atoms with Crippen molar-refractivity contribution < 1.29 is 0 Å². The van der Waals surface area contributed by atoms with Crippen molar-refractivity contribution in [2.45, 2.75) is 6.92 Å². The summed E-state index contributed by atoms with van der Waals surface area (Å²) in [6, 6.07) is 44.5. The molecule has 0 bridgehead atoms. The van der Waals surface area contributed by atoms with E-state index in [2.05, 4.69) is 135 Å². The van der Waals surface area contributed by atoms with Gasteiger partial charge in [0.05, 0.1) is 11.0 Å². The lowest BCUT2D eigenvalue weighted by Crippen LogP contribution is -2.00. The van der Waals surface area contributed by atoms with E-state index in [1.54, 1.807) is 0 Å². The molecule has 0 unspecified atom stereocenters.